The highest BCUT2D eigenvalue weighted by molar-refractivity contribution is 7.89. The third-order valence-corrected chi connectivity index (χ3v) is 6.74. The molecular weight excluding hydrogens is 358 g/mol. The molecule has 0 aliphatic carbocycles. The van der Waals surface area contributed by atoms with Gasteiger partial charge in [-0.1, -0.05) is 12.1 Å². The number of benzene rings is 1. The molecule has 0 amide bonds. The fourth-order valence-electron chi connectivity index (χ4n) is 3.43. The standard InChI is InChI=1S/C17H21N3O5S/c1-3-15-18-16(25-19-15)17(21)6-7-20(10-17)26(22,23)13-4-5-14-12(9-13)8-11(2)24-14/h4-5,9,11,21H,3,6-8,10H2,1-2H3/t11-,17-/m0/s1. The summed E-state index contributed by atoms with van der Waals surface area (Å²) < 4.78 is 38.0. The fourth-order valence-corrected chi connectivity index (χ4v) is 4.98. The fraction of sp³-hybridized carbons (Fsp3) is 0.529. The lowest BCUT2D eigenvalue weighted by Gasteiger charge is -2.20. The Balaban J connectivity index is 1.59. The maximum atomic E-state index is 13.0. The Labute approximate surface area is 151 Å². The molecule has 3 heterocycles. The van der Waals surface area contributed by atoms with Gasteiger partial charge < -0.3 is 14.4 Å². The molecule has 1 N–H and O–H groups in total. The lowest BCUT2D eigenvalue weighted by molar-refractivity contribution is 0.0194. The first-order chi connectivity index (χ1) is 12.3. The highest BCUT2D eigenvalue weighted by atomic mass is 32.2. The summed E-state index contributed by atoms with van der Waals surface area (Å²) in [6.07, 6.45) is 1.52. The Morgan fingerprint density at radius 3 is 2.96 bits per heavy atom. The Morgan fingerprint density at radius 1 is 1.42 bits per heavy atom. The van der Waals surface area contributed by atoms with Crippen LogP contribution in [0, 0.1) is 0 Å². The van der Waals surface area contributed by atoms with E-state index in [1.165, 1.54) is 4.31 Å². The molecule has 0 radical (unpaired) electrons. The molecule has 0 unspecified atom stereocenters. The van der Waals surface area contributed by atoms with Gasteiger partial charge in [-0.3, -0.25) is 0 Å². The van der Waals surface area contributed by atoms with Crippen LogP contribution in [-0.4, -0.2) is 47.2 Å². The molecule has 8 nitrogen and oxygen atoms in total. The van der Waals surface area contributed by atoms with E-state index in [0.29, 0.717) is 18.7 Å². The number of aromatic nitrogens is 2. The van der Waals surface area contributed by atoms with E-state index in [4.69, 9.17) is 9.26 Å². The quantitative estimate of drug-likeness (QED) is 0.852. The van der Waals surface area contributed by atoms with Gasteiger partial charge in [0.25, 0.3) is 5.89 Å². The summed E-state index contributed by atoms with van der Waals surface area (Å²) in [5, 5.41) is 14.6. The van der Waals surface area contributed by atoms with Crippen LogP contribution in [0.15, 0.2) is 27.6 Å². The van der Waals surface area contributed by atoms with Crippen LogP contribution in [0.1, 0.15) is 37.5 Å². The number of aryl methyl sites for hydroxylation is 1. The van der Waals surface area contributed by atoms with E-state index in [1.54, 1.807) is 18.2 Å². The van der Waals surface area contributed by atoms with Crippen LogP contribution >= 0.6 is 0 Å². The van der Waals surface area contributed by atoms with E-state index in [9.17, 15) is 13.5 Å². The largest absolute Gasteiger partial charge is 0.490 e. The van der Waals surface area contributed by atoms with Crippen molar-refractivity contribution in [3.05, 3.63) is 35.5 Å². The molecule has 4 rings (SSSR count). The lowest BCUT2D eigenvalue weighted by atomic mass is 10.0. The summed E-state index contributed by atoms with van der Waals surface area (Å²) in [4.78, 5) is 4.37. The van der Waals surface area contributed by atoms with E-state index >= 15 is 0 Å². The summed E-state index contributed by atoms with van der Waals surface area (Å²) in [7, 11) is -3.73. The van der Waals surface area contributed by atoms with E-state index in [2.05, 4.69) is 10.1 Å². The summed E-state index contributed by atoms with van der Waals surface area (Å²) in [5.41, 5.74) is -0.570. The molecule has 1 saturated heterocycles. The van der Waals surface area contributed by atoms with Crippen molar-refractivity contribution in [3.63, 3.8) is 0 Å². The number of rotatable bonds is 4. The number of ether oxygens (including phenoxy) is 1. The molecule has 26 heavy (non-hydrogen) atoms. The van der Waals surface area contributed by atoms with Gasteiger partial charge in [0, 0.05) is 25.8 Å². The topological polar surface area (TPSA) is 106 Å². The average Bonchev–Trinajstić information content (AvgIpc) is 3.31. The van der Waals surface area contributed by atoms with Gasteiger partial charge in [-0.05, 0) is 30.7 Å². The zero-order valence-electron chi connectivity index (χ0n) is 14.7. The predicted molar refractivity (Wildman–Crippen MR) is 91.2 cm³/mol. The Kier molecular flexibility index (Phi) is 4.05. The van der Waals surface area contributed by atoms with Gasteiger partial charge in [-0.2, -0.15) is 9.29 Å². The number of hydrogen-bond acceptors (Lipinski definition) is 7. The molecule has 2 aliphatic rings. The van der Waals surface area contributed by atoms with Gasteiger partial charge in [0.05, 0.1) is 11.4 Å². The van der Waals surface area contributed by atoms with Crippen LogP contribution in [-0.2, 0) is 28.5 Å². The van der Waals surface area contributed by atoms with Crippen molar-refractivity contribution in [2.45, 2.75) is 49.7 Å². The van der Waals surface area contributed by atoms with Gasteiger partial charge >= 0.3 is 0 Å². The predicted octanol–water partition coefficient (Wildman–Crippen LogP) is 1.24. The molecular formula is C17H21N3O5S. The molecule has 2 aromatic rings. The molecule has 1 fully saturated rings. The van der Waals surface area contributed by atoms with Crippen molar-refractivity contribution < 1.29 is 22.8 Å². The minimum absolute atomic E-state index is 0.0464. The second kappa shape index (κ2) is 6.04. The van der Waals surface area contributed by atoms with Crippen molar-refractivity contribution >= 4 is 10.0 Å². The van der Waals surface area contributed by atoms with Crippen molar-refractivity contribution in [1.29, 1.82) is 0 Å². The van der Waals surface area contributed by atoms with Gasteiger partial charge in [-0.15, -0.1) is 0 Å². The molecule has 0 saturated carbocycles. The summed E-state index contributed by atoms with van der Waals surface area (Å²) in [6, 6.07) is 4.90. The highest BCUT2D eigenvalue weighted by Crippen LogP contribution is 2.36. The highest BCUT2D eigenvalue weighted by Gasteiger charge is 2.46. The molecule has 0 spiro atoms. The van der Waals surface area contributed by atoms with Crippen molar-refractivity contribution in [3.8, 4) is 5.75 Å². The van der Waals surface area contributed by atoms with Crippen LogP contribution in [0.4, 0.5) is 0 Å². The van der Waals surface area contributed by atoms with E-state index in [-0.39, 0.29) is 36.4 Å². The van der Waals surface area contributed by atoms with Gasteiger partial charge in [0.2, 0.25) is 10.0 Å². The van der Waals surface area contributed by atoms with Crippen LogP contribution in [0.5, 0.6) is 5.75 Å². The minimum atomic E-state index is -3.73. The van der Waals surface area contributed by atoms with Crippen molar-refractivity contribution in [2.75, 3.05) is 13.1 Å². The number of fused-ring (bicyclic) bond motifs is 1. The molecule has 1 aromatic carbocycles. The third kappa shape index (κ3) is 2.80. The molecule has 1 aromatic heterocycles. The second-order valence-corrected chi connectivity index (χ2v) is 8.83. The molecule has 2 aliphatic heterocycles. The van der Waals surface area contributed by atoms with Crippen LogP contribution < -0.4 is 4.74 Å². The first-order valence-electron chi connectivity index (χ1n) is 8.67. The number of sulfonamides is 1. The smallest absolute Gasteiger partial charge is 0.260 e. The lowest BCUT2D eigenvalue weighted by Crippen LogP contribution is -2.34. The molecule has 2 atom stereocenters. The Morgan fingerprint density at radius 2 is 2.23 bits per heavy atom. The average molecular weight is 379 g/mol. The van der Waals surface area contributed by atoms with E-state index in [0.717, 1.165) is 11.3 Å². The van der Waals surface area contributed by atoms with E-state index in [1.807, 2.05) is 13.8 Å². The summed E-state index contributed by atoms with van der Waals surface area (Å²) >= 11 is 0. The van der Waals surface area contributed by atoms with Gasteiger partial charge in [0.15, 0.2) is 11.4 Å². The first kappa shape index (κ1) is 17.4. The number of nitrogens with zero attached hydrogens (tertiary/aromatic N) is 3. The zero-order chi connectivity index (χ0) is 18.5. The van der Waals surface area contributed by atoms with Crippen LogP contribution in [0.25, 0.3) is 0 Å². The van der Waals surface area contributed by atoms with Crippen LogP contribution in [0.2, 0.25) is 0 Å². The van der Waals surface area contributed by atoms with Crippen molar-refractivity contribution in [2.24, 2.45) is 0 Å². The van der Waals surface area contributed by atoms with E-state index < -0.39 is 15.6 Å². The maximum absolute atomic E-state index is 13.0. The third-order valence-electron chi connectivity index (χ3n) is 4.90. The second-order valence-electron chi connectivity index (χ2n) is 6.89. The Bertz CT molecular complexity index is 942. The van der Waals surface area contributed by atoms with Crippen LogP contribution in [0.3, 0.4) is 0 Å². The maximum Gasteiger partial charge on any atom is 0.260 e. The number of β-amino-alcohol motifs (C(OH)–C–C–N with tert-alkyl or cyclic N) is 1. The zero-order valence-corrected chi connectivity index (χ0v) is 15.5. The number of aliphatic hydroxyl groups is 1. The SMILES string of the molecule is CCc1noc([C@]2(O)CCN(S(=O)(=O)c3ccc4c(c3)C[C@H](C)O4)C2)n1. The summed E-state index contributed by atoms with van der Waals surface area (Å²) in [5.74, 6) is 1.29. The van der Waals surface area contributed by atoms with Gasteiger partial charge in [-0.25, -0.2) is 8.42 Å². The summed E-state index contributed by atoms with van der Waals surface area (Å²) in [6.45, 7) is 3.91. The Hall–Kier alpha value is -1.97. The minimum Gasteiger partial charge on any atom is -0.490 e. The van der Waals surface area contributed by atoms with Gasteiger partial charge in [0.1, 0.15) is 11.9 Å². The van der Waals surface area contributed by atoms with Crippen molar-refractivity contribution in [1.82, 2.24) is 14.4 Å². The normalized spacial score (nSPS) is 26.0. The molecule has 140 valence electrons. The molecule has 0 bridgehead atoms. The molecule has 9 heteroatoms. The monoisotopic (exact) mass is 379 g/mol. The first-order valence-corrected chi connectivity index (χ1v) is 10.1. The number of hydrogen-bond donors (Lipinski definition) is 1.